The first kappa shape index (κ1) is 11.5. The van der Waals surface area contributed by atoms with Gasteiger partial charge in [0.15, 0.2) is 0 Å². The molecule has 1 aromatic rings. The molecule has 0 aliphatic heterocycles. The van der Waals surface area contributed by atoms with Gasteiger partial charge in [-0.05, 0) is 50.3 Å². The van der Waals surface area contributed by atoms with Gasteiger partial charge in [0.1, 0.15) is 5.60 Å². The van der Waals surface area contributed by atoms with E-state index >= 15 is 0 Å². The Hall–Kier alpha value is -0.970. The minimum atomic E-state index is -0.769. The van der Waals surface area contributed by atoms with Crippen LogP contribution >= 0.6 is 11.6 Å². The highest BCUT2D eigenvalue weighted by Crippen LogP contribution is 2.28. The Morgan fingerprint density at radius 1 is 1.31 bits per heavy atom. The molecule has 1 fully saturated rings. The lowest BCUT2D eigenvalue weighted by atomic mass is 10.0. The topological polar surface area (TPSA) is 20.2 Å². The van der Waals surface area contributed by atoms with Crippen molar-refractivity contribution in [2.24, 2.45) is 0 Å². The molecule has 1 N–H and O–H groups in total. The van der Waals surface area contributed by atoms with E-state index in [1.807, 2.05) is 25.1 Å². The highest BCUT2D eigenvalue weighted by Gasteiger charge is 2.28. The van der Waals surface area contributed by atoms with Crippen LogP contribution in [0.4, 0.5) is 0 Å². The van der Waals surface area contributed by atoms with E-state index in [2.05, 4.69) is 11.8 Å². The zero-order valence-corrected chi connectivity index (χ0v) is 10.1. The molecule has 1 aliphatic rings. The van der Waals surface area contributed by atoms with Gasteiger partial charge in [0.25, 0.3) is 0 Å². The lowest BCUT2D eigenvalue weighted by Crippen LogP contribution is -2.20. The monoisotopic (exact) mass is 234 g/mol. The first-order valence-corrected chi connectivity index (χ1v) is 5.99. The van der Waals surface area contributed by atoms with Crippen LogP contribution in [0, 0.1) is 18.8 Å². The third-order valence-electron chi connectivity index (χ3n) is 3.06. The van der Waals surface area contributed by atoms with Crippen LogP contribution in [0.3, 0.4) is 0 Å². The fourth-order valence-corrected chi connectivity index (χ4v) is 2.17. The van der Waals surface area contributed by atoms with E-state index < -0.39 is 5.60 Å². The number of hydrogen-bond donors (Lipinski definition) is 1. The van der Waals surface area contributed by atoms with Gasteiger partial charge >= 0.3 is 0 Å². The SMILES string of the molecule is Cc1ccc(Cl)cc1C#CC1(O)CCCC1. The summed E-state index contributed by atoms with van der Waals surface area (Å²) < 4.78 is 0. The normalized spacial score (nSPS) is 17.9. The molecule has 1 aromatic carbocycles. The van der Waals surface area contributed by atoms with Gasteiger partial charge in [-0.3, -0.25) is 0 Å². The molecule has 16 heavy (non-hydrogen) atoms. The van der Waals surface area contributed by atoms with Crippen LogP contribution in [0.15, 0.2) is 18.2 Å². The number of hydrogen-bond acceptors (Lipinski definition) is 1. The lowest BCUT2D eigenvalue weighted by Gasteiger charge is -2.13. The Balaban J connectivity index is 2.26. The van der Waals surface area contributed by atoms with Crippen molar-refractivity contribution in [1.82, 2.24) is 0 Å². The van der Waals surface area contributed by atoms with Crippen LogP contribution in [0.2, 0.25) is 5.02 Å². The number of halogens is 1. The van der Waals surface area contributed by atoms with E-state index in [0.29, 0.717) is 5.02 Å². The van der Waals surface area contributed by atoms with Gasteiger partial charge < -0.3 is 5.11 Å². The number of aliphatic hydroxyl groups is 1. The summed E-state index contributed by atoms with van der Waals surface area (Å²) in [6, 6.07) is 5.65. The second-order valence-electron chi connectivity index (χ2n) is 4.45. The summed E-state index contributed by atoms with van der Waals surface area (Å²) in [5, 5.41) is 10.8. The smallest absolute Gasteiger partial charge is 0.125 e. The highest BCUT2D eigenvalue weighted by atomic mass is 35.5. The average Bonchev–Trinajstić information content (AvgIpc) is 2.67. The Morgan fingerprint density at radius 3 is 2.69 bits per heavy atom. The zero-order chi connectivity index (χ0) is 11.6. The van der Waals surface area contributed by atoms with Crippen LogP contribution in [0.5, 0.6) is 0 Å². The molecule has 84 valence electrons. The van der Waals surface area contributed by atoms with Crippen molar-refractivity contribution >= 4 is 11.6 Å². The molecule has 2 rings (SSSR count). The summed E-state index contributed by atoms with van der Waals surface area (Å²) in [6.45, 7) is 2.00. The van der Waals surface area contributed by atoms with Gasteiger partial charge in [-0.25, -0.2) is 0 Å². The molecule has 0 spiro atoms. The fraction of sp³-hybridized carbons (Fsp3) is 0.429. The minimum absolute atomic E-state index is 0.688. The van der Waals surface area contributed by atoms with Crippen molar-refractivity contribution < 1.29 is 5.11 Å². The first-order valence-electron chi connectivity index (χ1n) is 5.61. The Kier molecular flexibility index (Phi) is 3.23. The van der Waals surface area contributed by atoms with Crippen molar-refractivity contribution in [2.75, 3.05) is 0 Å². The predicted octanol–water partition coefficient (Wildman–Crippen LogP) is 3.31. The fourth-order valence-electron chi connectivity index (χ4n) is 2.00. The third kappa shape index (κ3) is 2.58. The van der Waals surface area contributed by atoms with Gasteiger partial charge in [-0.1, -0.05) is 29.5 Å². The van der Waals surface area contributed by atoms with Crippen molar-refractivity contribution in [3.05, 3.63) is 34.3 Å². The zero-order valence-electron chi connectivity index (χ0n) is 9.39. The first-order chi connectivity index (χ1) is 7.59. The second-order valence-corrected chi connectivity index (χ2v) is 4.88. The van der Waals surface area contributed by atoms with Gasteiger partial charge in [-0.2, -0.15) is 0 Å². The highest BCUT2D eigenvalue weighted by molar-refractivity contribution is 6.30. The Morgan fingerprint density at radius 2 is 2.00 bits per heavy atom. The van der Waals surface area contributed by atoms with Gasteiger partial charge in [0.05, 0.1) is 0 Å². The van der Waals surface area contributed by atoms with E-state index in [1.54, 1.807) is 0 Å². The van der Waals surface area contributed by atoms with E-state index in [4.69, 9.17) is 11.6 Å². The van der Waals surface area contributed by atoms with Crippen LogP contribution in [0.1, 0.15) is 36.8 Å². The number of rotatable bonds is 0. The average molecular weight is 235 g/mol. The van der Waals surface area contributed by atoms with Crippen LogP contribution in [0.25, 0.3) is 0 Å². The lowest BCUT2D eigenvalue weighted by molar-refractivity contribution is 0.110. The van der Waals surface area contributed by atoms with Gasteiger partial charge in [0, 0.05) is 10.6 Å². The molecule has 1 nitrogen and oxygen atoms in total. The molecule has 0 aromatic heterocycles. The van der Waals surface area contributed by atoms with Crippen LogP contribution in [-0.4, -0.2) is 10.7 Å². The Bertz CT molecular complexity index is 448. The molecule has 1 aliphatic carbocycles. The third-order valence-corrected chi connectivity index (χ3v) is 3.30. The molecule has 0 bridgehead atoms. The van der Waals surface area contributed by atoms with Crippen LogP contribution < -0.4 is 0 Å². The van der Waals surface area contributed by atoms with Gasteiger partial charge in [-0.15, -0.1) is 0 Å². The number of aryl methyl sites for hydroxylation is 1. The molecule has 0 atom stereocenters. The van der Waals surface area contributed by atoms with Crippen LogP contribution in [-0.2, 0) is 0 Å². The van der Waals surface area contributed by atoms with Crippen molar-refractivity contribution in [1.29, 1.82) is 0 Å². The molecule has 2 heteroatoms. The van der Waals surface area contributed by atoms with E-state index in [1.165, 1.54) is 0 Å². The Labute approximate surface area is 101 Å². The maximum atomic E-state index is 10.1. The molecule has 1 saturated carbocycles. The molecule has 0 radical (unpaired) electrons. The minimum Gasteiger partial charge on any atom is -0.378 e. The summed E-state index contributed by atoms with van der Waals surface area (Å²) in [5.41, 5.74) is 1.24. The van der Waals surface area contributed by atoms with E-state index in [9.17, 15) is 5.11 Å². The quantitative estimate of drug-likeness (QED) is 0.683. The van der Waals surface area contributed by atoms with Crippen molar-refractivity contribution in [3.8, 4) is 11.8 Å². The van der Waals surface area contributed by atoms with Gasteiger partial charge in [0.2, 0.25) is 0 Å². The molecule has 0 saturated heterocycles. The summed E-state index contributed by atoms with van der Waals surface area (Å²) >= 11 is 5.92. The van der Waals surface area contributed by atoms with Crippen molar-refractivity contribution in [2.45, 2.75) is 38.2 Å². The summed E-state index contributed by atoms with van der Waals surface area (Å²) in [4.78, 5) is 0. The number of benzene rings is 1. The predicted molar refractivity (Wildman–Crippen MR) is 66.5 cm³/mol. The molecule has 0 amide bonds. The van der Waals surface area contributed by atoms with E-state index in [-0.39, 0.29) is 0 Å². The largest absolute Gasteiger partial charge is 0.378 e. The maximum Gasteiger partial charge on any atom is 0.125 e. The summed E-state index contributed by atoms with van der Waals surface area (Å²) in [5.74, 6) is 6.04. The standard InChI is InChI=1S/C14H15ClO/c1-11-4-5-13(15)10-12(11)6-9-14(16)7-2-3-8-14/h4-5,10,16H,2-3,7-8H2,1H3. The molecular formula is C14H15ClO. The molecule has 0 unspecified atom stereocenters. The van der Waals surface area contributed by atoms with E-state index in [0.717, 1.165) is 36.8 Å². The maximum absolute atomic E-state index is 10.1. The summed E-state index contributed by atoms with van der Waals surface area (Å²) in [6.07, 6.45) is 3.72. The second kappa shape index (κ2) is 4.49. The molecule has 0 heterocycles. The van der Waals surface area contributed by atoms with Crippen molar-refractivity contribution in [3.63, 3.8) is 0 Å². The molecular weight excluding hydrogens is 220 g/mol. The summed E-state index contributed by atoms with van der Waals surface area (Å²) in [7, 11) is 0.